The van der Waals surface area contributed by atoms with E-state index in [0.717, 1.165) is 15.8 Å². The predicted octanol–water partition coefficient (Wildman–Crippen LogP) is 4.30. The maximum atomic E-state index is 9.77. The Bertz CT molecular complexity index is 550. The van der Waals surface area contributed by atoms with Crippen LogP contribution in [0.2, 0.25) is 0 Å². The first-order chi connectivity index (χ1) is 9.10. The molecule has 0 saturated heterocycles. The van der Waals surface area contributed by atoms with Crippen molar-refractivity contribution in [1.82, 2.24) is 0 Å². The van der Waals surface area contributed by atoms with E-state index in [9.17, 15) is 5.11 Å². The van der Waals surface area contributed by atoms with Gasteiger partial charge in [-0.3, -0.25) is 0 Å². The summed E-state index contributed by atoms with van der Waals surface area (Å²) in [5.41, 5.74) is 0.741. The summed E-state index contributed by atoms with van der Waals surface area (Å²) in [6, 6.07) is 12.9. The molecule has 1 unspecified atom stereocenters. The fraction of sp³-hybridized carbons (Fsp3) is 0.200. The van der Waals surface area contributed by atoms with Crippen LogP contribution in [0.1, 0.15) is 18.6 Å². The standard InChI is InChI=1S/C15H15BrO3/c1-10(17)14-9-11(16)3-8-15(14)19-13-6-4-12(18-2)5-7-13/h3-10,17H,1-2H3. The summed E-state index contributed by atoms with van der Waals surface area (Å²) in [5, 5.41) is 9.77. The van der Waals surface area contributed by atoms with Crippen LogP contribution < -0.4 is 9.47 Å². The third-order valence-corrected chi connectivity index (χ3v) is 3.20. The van der Waals surface area contributed by atoms with Gasteiger partial charge >= 0.3 is 0 Å². The van der Waals surface area contributed by atoms with Gasteiger partial charge in [0.1, 0.15) is 17.2 Å². The number of benzene rings is 2. The average Bonchev–Trinajstić information content (AvgIpc) is 2.41. The number of hydrogen-bond donors (Lipinski definition) is 1. The number of aliphatic hydroxyl groups is 1. The van der Waals surface area contributed by atoms with Gasteiger partial charge in [0.05, 0.1) is 13.2 Å². The summed E-state index contributed by atoms with van der Waals surface area (Å²) in [6.45, 7) is 1.71. The smallest absolute Gasteiger partial charge is 0.133 e. The largest absolute Gasteiger partial charge is 0.497 e. The zero-order valence-electron chi connectivity index (χ0n) is 10.8. The first-order valence-electron chi connectivity index (χ1n) is 5.89. The van der Waals surface area contributed by atoms with Crippen molar-refractivity contribution in [2.75, 3.05) is 7.11 Å². The molecule has 1 atom stereocenters. The molecule has 4 heteroatoms. The van der Waals surface area contributed by atoms with E-state index in [1.54, 1.807) is 14.0 Å². The second-order valence-electron chi connectivity index (χ2n) is 4.14. The molecule has 0 saturated carbocycles. The van der Waals surface area contributed by atoms with Gasteiger partial charge in [0.25, 0.3) is 0 Å². The van der Waals surface area contributed by atoms with Crippen molar-refractivity contribution in [3.05, 3.63) is 52.5 Å². The SMILES string of the molecule is COc1ccc(Oc2ccc(Br)cc2C(C)O)cc1. The van der Waals surface area contributed by atoms with Crippen LogP contribution in [0.15, 0.2) is 46.9 Å². The Labute approximate surface area is 120 Å². The van der Waals surface area contributed by atoms with E-state index >= 15 is 0 Å². The summed E-state index contributed by atoms with van der Waals surface area (Å²) < 4.78 is 11.8. The van der Waals surface area contributed by atoms with Crippen molar-refractivity contribution in [2.45, 2.75) is 13.0 Å². The topological polar surface area (TPSA) is 38.7 Å². The molecule has 2 aromatic carbocycles. The Kier molecular flexibility index (Phi) is 4.45. The zero-order valence-corrected chi connectivity index (χ0v) is 12.3. The summed E-state index contributed by atoms with van der Waals surface area (Å²) in [4.78, 5) is 0. The lowest BCUT2D eigenvalue weighted by molar-refractivity contribution is 0.195. The highest BCUT2D eigenvalue weighted by Gasteiger charge is 2.10. The van der Waals surface area contributed by atoms with Crippen molar-refractivity contribution >= 4 is 15.9 Å². The van der Waals surface area contributed by atoms with Crippen LogP contribution in [-0.2, 0) is 0 Å². The van der Waals surface area contributed by atoms with Gasteiger partial charge in [-0.15, -0.1) is 0 Å². The monoisotopic (exact) mass is 322 g/mol. The van der Waals surface area contributed by atoms with Crippen LogP contribution in [0.3, 0.4) is 0 Å². The maximum absolute atomic E-state index is 9.77. The van der Waals surface area contributed by atoms with Crippen molar-refractivity contribution < 1.29 is 14.6 Å². The minimum atomic E-state index is -0.592. The van der Waals surface area contributed by atoms with Crippen LogP contribution in [-0.4, -0.2) is 12.2 Å². The van der Waals surface area contributed by atoms with Crippen molar-refractivity contribution in [3.63, 3.8) is 0 Å². The molecule has 0 aliphatic carbocycles. The molecular formula is C15H15BrO3. The molecule has 0 amide bonds. The minimum Gasteiger partial charge on any atom is -0.497 e. The summed E-state index contributed by atoms with van der Waals surface area (Å²) >= 11 is 3.39. The van der Waals surface area contributed by atoms with Crippen LogP contribution >= 0.6 is 15.9 Å². The number of ether oxygens (including phenoxy) is 2. The quantitative estimate of drug-likeness (QED) is 0.911. The van der Waals surface area contributed by atoms with Crippen LogP contribution in [0.5, 0.6) is 17.2 Å². The van der Waals surface area contributed by atoms with Gasteiger partial charge in [-0.1, -0.05) is 15.9 Å². The highest BCUT2D eigenvalue weighted by molar-refractivity contribution is 9.10. The number of halogens is 1. The Hall–Kier alpha value is -1.52. The molecule has 0 heterocycles. The van der Waals surface area contributed by atoms with Gasteiger partial charge in [-0.25, -0.2) is 0 Å². The molecule has 19 heavy (non-hydrogen) atoms. The Balaban J connectivity index is 2.26. The highest BCUT2D eigenvalue weighted by atomic mass is 79.9. The first kappa shape index (κ1) is 13.9. The normalized spacial score (nSPS) is 12.0. The number of hydrogen-bond acceptors (Lipinski definition) is 3. The van der Waals surface area contributed by atoms with Gasteiger partial charge in [-0.05, 0) is 49.4 Å². The fourth-order valence-electron chi connectivity index (χ4n) is 1.71. The van der Waals surface area contributed by atoms with E-state index in [-0.39, 0.29) is 0 Å². The lowest BCUT2D eigenvalue weighted by atomic mass is 10.1. The lowest BCUT2D eigenvalue weighted by Gasteiger charge is -2.13. The van der Waals surface area contributed by atoms with Gasteiger partial charge in [-0.2, -0.15) is 0 Å². The molecule has 2 rings (SSSR count). The molecular weight excluding hydrogens is 308 g/mol. The van der Waals surface area contributed by atoms with Crippen LogP contribution in [0.25, 0.3) is 0 Å². The molecule has 3 nitrogen and oxygen atoms in total. The minimum absolute atomic E-state index is 0.592. The predicted molar refractivity (Wildman–Crippen MR) is 77.8 cm³/mol. The molecule has 0 bridgehead atoms. The molecule has 0 radical (unpaired) electrons. The average molecular weight is 323 g/mol. The lowest BCUT2D eigenvalue weighted by Crippen LogP contribution is -1.96. The second-order valence-corrected chi connectivity index (χ2v) is 5.05. The molecule has 2 aromatic rings. The molecule has 0 aliphatic rings. The highest BCUT2D eigenvalue weighted by Crippen LogP contribution is 2.32. The van der Waals surface area contributed by atoms with Gasteiger partial charge < -0.3 is 14.6 Å². The second kappa shape index (κ2) is 6.08. The summed E-state index contributed by atoms with van der Waals surface area (Å²) in [7, 11) is 1.62. The fourth-order valence-corrected chi connectivity index (χ4v) is 2.09. The Morgan fingerprint density at radius 2 is 1.68 bits per heavy atom. The maximum Gasteiger partial charge on any atom is 0.133 e. The Morgan fingerprint density at radius 3 is 2.26 bits per heavy atom. The van der Waals surface area contributed by atoms with Crippen LogP contribution in [0, 0.1) is 0 Å². The van der Waals surface area contributed by atoms with E-state index in [0.29, 0.717) is 11.5 Å². The van der Waals surface area contributed by atoms with Crippen molar-refractivity contribution in [3.8, 4) is 17.2 Å². The van der Waals surface area contributed by atoms with E-state index in [2.05, 4.69) is 15.9 Å². The van der Waals surface area contributed by atoms with Gasteiger partial charge in [0.15, 0.2) is 0 Å². The number of methoxy groups -OCH3 is 1. The van der Waals surface area contributed by atoms with E-state index < -0.39 is 6.10 Å². The van der Waals surface area contributed by atoms with Gasteiger partial charge in [0.2, 0.25) is 0 Å². The molecule has 0 fully saturated rings. The third kappa shape index (κ3) is 3.49. The van der Waals surface area contributed by atoms with E-state index in [1.165, 1.54) is 0 Å². The van der Waals surface area contributed by atoms with Crippen LogP contribution in [0.4, 0.5) is 0 Å². The van der Waals surface area contributed by atoms with E-state index in [4.69, 9.17) is 9.47 Å². The van der Waals surface area contributed by atoms with E-state index in [1.807, 2.05) is 42.5 Å². The molecule has 0 spiro atoms. The third-order valence-electron chi connectivity index (χ3n) is 2.71. The Morgan fingerprint density at radius 1 is 1.05 bits per heavy atom. The van der Waals surface area contributed by atoms with Gasteiger partial charge in [0, 0.05) is 10.0 Å². The molecule has 1 N–H and O–H groups in total. The summed E-state index contributed by atoms with van der Waals surface area (Å²) in [6.07, 6.45) is -0.592. The van der Waals surface area contributed by atoms with Crippen molar-refractivity contribution in [1.29, 1.82) is 0 Å². The summed E-state index contributed by atoms with van der Waals surface area (Å²) in [5.74, 6) is 2.12. The van der Waals surface area contributed by atoms with Crippen molar-refractivity contribution in [2.24, 2.45) is 0 Å². The number of rotatable bonds is 4. The first-order valence-corrected chi connectivity index (χ1v) is 6.69. The number of aliphatic hydroxyl groups excluding tert-OH is 1. The molecule has 0 aromatic heterocycles. The zero-order chi connectivity index (χ0) is 13.8. The molecule has 0 aliphatic heterocycles. The molecule has 100 valence electrons.